The van der Waals surface area contributed by atoms with E-state index in [0.717, 1.165) is 63.6 Å². The molecule has 154 valence electrons. The van der Waals surface area contributed by atoms with Crippen molar-refractivity contribution in [2.45, 2.75) is 56.4 Å². The molecular weight excluding hydrogens is 368 g/mol. The first kappa shape index (κ1) is 21.0. The van der Waals surface area contributed by atoms with Crippen LogP contribution in [0.2, 0.25) is 0 Å². The Balaban J connectivity index is 1.39. The van der Waals surface area contributed by atoms with Crippen molar-refractivity contribution >= 4 is 23.6 Å². The maximum Gasteiger partial charge on any atom is 0.225 e. The molecular formula is C22H34N4OS. The zero-order valence-electron chi connectivity index (χ0n) is 17.0. The first-order valence-electron chi connectivity index (χ1n) is 10.8. The van der Waals surface area contributed by atoms with Crippen molar-refractivity contribution in [3.63, 3.8) is 0 Å². The van der Waals surface area contributed by atoms with Gasteiger partial charge in [0.25, 0.3) is 0 Å². The number of nitrogens with one attached hydrogen (secondary N) is 2. The molecule has 2 aliphatic rings. The molecule has 1 aliphatic heterocycles. The number of carbonyl (C=O) groups is 1. The van der Waals surface area contributed by atoms with Gasteiger partial charge in [-0.1, -0.05) is 31.0 Å². The highest BCUT2D eigenvalue weighted by molar-refractivity contribution is 7.99. The number of aliphatic imine (C=N–C) groups is 1. The Kier molecular flexibility index (Phi) is 8.52. The van der Waals surface area contributed by atoms with Gasteiger partial charge in [-0.25, -0.2) is 0 Å². The Morgan fingerprint density at radius 3 is 2.75 bits per heavy atom. The van der Waals surface area contributed by atoms with Crippen LogP contribution in [0.5, 0.6) is 0 Å². The van der Waals surface area contributed by atoms with E-state index in [4.69, 9.17) is 4.99 Å². The molecule has 1 atom stereocenters. The van der Waals surface area contributed by atoms with Crippen molar-refractivity contribution in [3.8, 4) is 0 Å². The quantitative estimate of drug-likeness (QED) is 0.302. The van der Waals surface area contributed by atoms with E-state index >= 15 is 0 Å². The largest absolute Gasteiger partial charge is 0.357 e. The molecule has 1 saturated heterocycles. The van der Waals surface area contributed by atoms with Crippen molar-refractivity contribution in [1.29, 1.82) is 0 Å². The molecule has 0 bridgehead atoms. The van der Waals surface area contributed by atoms with Gasteiger partial charge in [0.2, 0.25) is 5.91 Å². The first-order valence-corrected chi connectivity index (χ1v) is 11.8. The number of nitrogens with zero attached hydrogens (tertiary/aromatic N) is 2. The van der Waals surface area contributed by atoms with Gasteiger partial charge in [0.1, 0.15) is 0 Å². The van der Waals surface area contributed by atoms with E-state index in [1.165, 1.54) is 17.7 Å². The second-order valence-corrected chi connectivity index (χ2v) is 8.84. The summed E-state index contributed by atoms with van der Waals surface area (Å²) >= 11 is 1.88. The molecule has 1 heterocycles. The van der Waals surface area contributed by atoms with Crippen LogP contribution < -0.4 is 10.6 Å². The normalized spacial score (nSPS) is 20.5. The van der Waals surface area contributed by atoms with Crippen LogP contribution in [0.15, 0.2) is 40.2 Å². The van der Waals surface area contributed by atoms with Gasteiger partial charge in [0.05, 0.1) is 0 Å². The summed E-state index contributed by atoms with van der Waals surface area (Å²) in [5.41, 5.74) is 0. The average Bonchev–Trinajstić information content (AvgIpc) is 3.40. The van der Waals surface area contributed by atoms with Crippen LogP contribution in [0.3, 0.4) is 0 Å². The van der Waals surface area contributed by atoms with Crippen LogP contribution >= 0.6 is 11.8 Å². The molecule has 1 aliphatic carbocycles. The van der Waals surface area contributed by atoms with Crippen LogP contribution in [0.25, 0.3) is 0 Å². The smallest absolute Gasteiger partial charge is 0.225 e. The molecule has 2 N–H and O–H groups in total. The van der Waals surface area contributed by atoms with Crippen LogP contribution in [-0.4, -0.2) is 54.7 Å². The molecule has 1 saturated carbocycles. The van der Waals surface area contributed by atoms with E-state index < -0.39 is 0 Å². The second-order valence-electron chi connectivity index (χ2n) is 7.67. The zero-order chi connectivity index (χ0) is 19.6. The minimum Gasteiger partial charge on any atom is -0.357 e. The molecule has 1 aromatic carbocycles. The molecule has 1 unspecified atom stereocenters. The third-order valence-electron chi connectivity index (χ3n) is 5.47. The predicted octanol–water partition coefficient (Wildman–Crippen LogP) is 3.52. The van der Waals surface area contributed by atoms with Crippen LogP contribution in [0.1, 0.15) is 45.4 Å². The van der Waals surface area contributed by atoms with Gasteiger partial charge in [0, 0.05) is 43.0 Å². The molecule has 5 nitrogen and oxygen atoms in total. The number of rotatable bonds is 8. The van der Waals surface area contributed by atoms with Crippen LogP contribution in [0, 0.1) is 5.92 Å². The molecule has 1 amide bonds. The fourth-order valence-electron chi connectivity index (χ4n) is 3.98. The molecule has 6 heteroatoms. The van der Waals surface area contributed by atoms with Crippen molar-refractivity contribution in [3.05, 3.63) is 30.3 Å². The maximum atomic E-state index is 12.6. The van der Waals surface area contributed by atoms with Gasteiger partial charge < -0.3 is 15.5 Å². The van der Waals surface area contributed by atoms with Gasteiger partial charge in [-0.2, -0.15) is 0 Å². The fraction of sp³-hybridized carbons (Fsp3) is 0.636. The number of likely N-dealkylation sites (tertiary alicyclic amines) is 1. The molecule has 2 fully saturated rings. The summed E-state index contributed by atoms with van der Waals surface area (Å²) < 4.78 is 0. The molecule has 0 spiro atoms. The first-order chi connectivity index (χ1) is 13.8. The summed E-state index contributed by atoms with van der Waals surface area (Å²) in [5, 5.41) is 6.89. The van der Waals surface area contributed by atoms with E-state index in [9.17, 15) is 4.79 Å². The Bertz CT molecular complexity index is 631. The number of benzene rings is 1. The highest BCUT2D eigenvalue weighted by atomic mass is 32.2. The Morgan fingerprint density at radius 1 is 1.21 bits per heavy atom. The third-order valence-corrected chi connectivity index (χ3v) is 6.57. The lowest BCUT2D eigenvalue weighted by atomic mass is 10.1. The minimum atomic E-state index is 0.280. The van der Waals surface area contributed by atoms with Gasteiger partial charge in [0.15, 0.2) is 5.96 Å². The fourth-order valence-corrected chi connectivity index (χ4v) is 4.84. The van der Waals surface area contributed by atoms with Crippen molar-refractivity contribution in [1.82, 2.24) is 15.5 Å². The van der Waals surface area contributed by atoms with E-state index in [1.807, 2.05) is 17.8 Å². The van der Waals surface area contributed by atoms with Crippen molar-refractivity contribution < 1.29 is 4.79 Å². The SMILES string of the molecule is CCNC(=NCCCSc1ccccc1)NC1CCN(C(=O)C2CCCC2)C1. The third kappa shape index (κ3) is 6.43. The lowest BCUT2D eigenvalue weighted by Gasteiger charge is -2.21. The number of guanidine groups is 1. The topological polar surface area (TPSA) is 56.7 Å². The lowest BCUT2D eigenvalue weighted by molar-refractivity contribution is -0.134. The number of hydrogen-bond acceptors (Lipinski definition) is 3. The summed E-state index contributed by atoms with van der Waals surface area (Å²) in [6, 6.07) is 10.8. The number of amides is 1. The highest BCUT2D eigenvalue weighted by Crippen LogP contribution is 2.27. The lowest BCUT2D eigenvalue weighted by Crippen LogP contribution is -2.45. The summed E-state index contributed by atoms with van der Waals surface area (Å²) in [5.74, 6) is 2.61. The second kappa shape index (κ2) is 11.3. The summed E-state index contributed by atoms with van der Waals surface area (Å²) in [6.07, 6.45) is 6.65. The Hall–Kier alpha value is -1.69. The minimum absolute atomic E-state index is 0.280. The highest BCUT2D eigenvalue weighted by Gasteiger charge is 2.32. The summed E-state index contributed by atoms with van der Waals surface area (Å²) in [4.78, 5) is 20.7. The predicted molar refractivity (Wildman–Crippen MR) is 118 cm³/mol. The van der Waals surface area contributed by atoms with Gasteiger partial charge in [-0.15, -0.1) is 11.8 Å². The molecule has 0 radical (unpaired) electrons. The Morgan fingerprint density at radius 2 is 2.00 bits per heavy atom. The van der Waals surface area contributed by atoms with Gasteiger partial charge in [-0.3, -0.25) is 9.79 Å². The maximum absolute atomic E-state index is 12.6. The van der Waals surface area contributed by atoms with Gasteiger partial charge in [-0.05, 0) is 50.5 Å². The zero-order valence-corrected chi connectivity index (χ0v) is 17.8. The van der Waals surface area contributed by atoms with Gasteiger partial charge >= 0.3 is 0 Å². The van der Waals surface area contributed by atoms with Crippen molar-refractivity contribution in [2.75, 3.05) is 31.9 Å². The summed E-state index contributed by atoms with van der Waals surface area (Å²) in [6.45, 7) is 5.44. The number of thioether (sulfide) groups is 1. The summed E-state index contributed by atoms with van der Waals surface area (Å²) in [7, 11) is 0. The molecule has 3 rings (SSSR count). The standard InChI is InChI=1S/C22H34N4OS/c1-2-23-22(24-14-8-16-28-20-11-4-3-5-12-20)25-19-13-15-26(17-19)21(27)18-9-6-7-10-18/h3-5,11-12,18-19H,2,6-10,13-17H2,1H3,(H2,23,24,25). The van der Waals surface area contributed by atoms with E-state index in [0.29, 0.717) is 11.9 Å². The molecule has 1 aromatic rings. The monoisotopic (exact) mass is 402 g/mol. The van der Waals surface area contributed by atoms with Crippen LogP contribution in [0.4, 0.5) is 0 Å². The van der Waals surface area contributed by atoms with Crippen LogP contribution in [-0.2, 0) is 4.79 Å². The molecule has 0 aromatic heterocycles. The number of hydrogen-bond donors (Lipinski definition) is 2. The number of carbonyl (C=O) groups excluding carboxylic acids is 1. The average molecular weight is 403 g/mol. The van der Waals surface area contributed by atoms with E-state index in [-0.39, 0.29) is 5.92 Å². The Labute approximate surface area is 173 Å². The van der Waals surface area contributed by atoms with E-state index in [1.54, 1.807) is 0 Å². The van der Waals surface area contributed by atoms with E-state index in [2.05, 4.69) is 46.7 Å². The van der Waals surface area contributed by atoms with Crippen molar-refractivity contribution in [2.24, 2.45) is 10.9 Å². The molecule has 28 heavy (non-hydrogen) atoms.